The van der Waals surface area contributed by atoms with Crippen LogP contribution in [-0.2, 0) is 19.7 Å². The standard InChI is InChI=1S/C22H22F3N5O6S/c1-14-12-21(14)19(31)29(15-2-4-16(5-3-15)36-22(23,24)25)20(32)30(21)18-6-7-26-13-17(18)27-37(33,34)28-8-10-35-11-9-28/h2-7,13-14,27H,8-12H2,1H3. The van der Waals surface area contributed by atoms with Gasteiger partial charge in [0.1, 0.15) is 11.3 Å². The molecule has 37 heavy (non-hydrogen) atoms. The van der Waals surface area contributed by atoms with E-state index in [0.717, 1.165) is 17.0 Å². The van der Waals surface area contributed by atoms with Gasteiger partial charge in [0.15, 0.2) is 0 Å². The number of pyridine rings is 1. The number of alkyl halides is 3. The summed E-state index contributed by atoms with van der Waals surface area (Å²) in [5, 5.41) is 0. The zero-order valence-corrected chi connectivity index (χ0v) is 20.3. The van der Waals surface area contributed by atoms with Gasteiger partial charge in [0.05, 0.1) is 36.5 Å². The third-order valence-corrected chi connectivity index (χ3v) is 8.07. The van der Waals surface area contributed by atoms with E-state index in [-0.39, 0.29) is 49.3 Å². The van der Waals surface area contributed by atoms with Crippen LogP contribution in [0.3, 0.4) is 0 Å². The average molecular weight is 542 g/mol. The van der Waals surface area contributed by atoms with Crippen LogP contribution in [0, 0.1) is 5.92 Å². The molecular weight excluding hydrogens is 519 g/mol. The summed E-state index contributed by atoms with van der Waals surface area (Å²) >= 11 is 0. The van der Waals surface area contributed by atoms with Crippen molar-refractivity contribution in [3.8, 4) is 5.75 Å². The highest BCUT2D eigenvalue weighted by Crippen LogP contribution is 2.56. The Kier molecular flexibility index (Phi) is 6.03. The molecule has 11 nitrogen and oxygen atoms in total. The molecule has 0 bridgehead atoms. The predicted molar refractivity (Wildman–Crippen MR) is 124 cm³/mol. The second kappa shape index (κ2) is 8.85. The molecule has 1 saturated carbocycles. The highest BCUT2D eigenvalue weighted by Gasteiger charge is 2.71. The topological polar surface area (TPSA) is 121 Å². The van der Waals surface area contributed by atoms with Crippen LogP contribution < -0.4 is 19.3 Å². The number of rotatable bonds is 6. The van der Waals surface area contributed by atoms with Crippen molar-refractivity contribution in [1.82, 2.24) is 9.29 Å². The second-order valence-corrected chi connectivity index (χ2v) is 10.5. The van der Waals surface area contributed by atoms with Gasteiger partial charge in [-0.3, -0.25) is 19.4 Å². The maximum Gasteiger partial charge on any atom is 0.573 e. The summed E-state index contributed by atoms with van der Waals surface area (Å²) in [5.41, 5.74) is -1.08. The summed E-state index contributed by atoms with van der Waals surface area (Å²) in [7, 11) is -4.01. The number of carbonyl (C=O) groups excluding carboxylic acids is 2. The largest absolute Gasteiger partial charge is 0.573 e. The number of nitrogens with one attached hydrogen (secondary N) is 1. The molecule has 1 N–H and O–H groups in total. The lowest BCUT2D eigenvalue weighted by atomic mass is 10.1. The summed E-state index contributed by atoms with van der Waals surface area (Å²) in [6, 6.07) is 5.02. The molecule has 1 aliphatic carbocycles. The zero-order valence-electron chi connectivity index (χ0n) is 19.4. The fraction of sp³-hybridized carbons (Fsp3) is 0.409. The van der Waals surface area contributed by atoms with E-state index in [4.69, 9.17) is 4.74 Å². The Bertz CT molecular complexity index is 1330. The molecule has 3 heterocycles. The van der Waals surface area contributed by atoms with Crippen molar-refractivity contribution in [2.75, 3.05) is 40.8 Å². The van der Waals surface area contributed by atoms with Crippen LogP contribution in [-0.4, -0.2) is 67.8 Å². The van der Waals surface area contributed by atoms with Crippen LogP contribution >= 0.6 is 0 Å². The lowest BCUT2D eigenvalue weighted by Crippen LogP contribution is -2.44. The number of imide groups is 1. The third-order valence-electron chi connectivity index (χ3n) is 6.54. The summed E-state index contributed by atoms with van der Waals surface area (Å²) in [5.74, 6) is -1.32. The molecule has 198 valence electrons. The molecule has 0 radical (unpaired) electrons. The lowest BCUT2D eigenvalue weighted by Gasteiger charge is -2.28. The first-order chi connectivity index (χ1) is 17.4. The van der Waals surface area contributed by atoms with E-state index in [1.54, 1.807) is 6.92 Å². The Labute approximate surface area is 209 Å². The van der Waals surface area contributed by atoms with Gasteiger partial charge in [-0.05, 0) is 42.7 Å². The first kappa shape index (κ1) is 25.2. The number of nitrogens with zero attached hydrogens (tertiary/aromatic N) is 4. The van der Waals surface area contributed by atoms with Crippen molar-refractivity contribution in [2.24, 2.45) is 5.92 Å². The Morgan fingerprint density at radius 3 is 2.38 bits per heavy atom. The van der Waals surface area contributed by atoms with Gasteiger partial charge < -0.3 is 9.47 Å². The maximum atomic E-state index is 13.6. The molecule has 2 unspecified atom stereocenters. The molecule has 1 spiro atoms. The highest BCUT2D eigenvalue weighted by atomic mass is 32.2. The van der Waals surface area contributed by atoms with Crippen LogP contribution in [0.5, 0.6) is 5.75 Å². The van der Waals surface area contributed by atoms with Crippen molar-refractivity contribution >= 4 is 39.2 Å². The van der Waals surface area contributed by atoms with Crippen LogP contribution in [0.1, 0.15) is 13.3 Å². The molecule has 3 fully saturated rings. The molecule has 15 heteroatoms. The van der Waals surface area contributed by atoms with E-state index in [9.17, 15) is 31.2 Å². The number of halogens is 3. The second-order valence-electron chi connectivity index (χ2n) is 8.84. The number of hydrogen-bond donors (Lipinski definition) is 1. The molecule has 3 aliphatic rings. The van der Waals surface area contributed by atoms with Gasteiger partial charge in [0.25, 0.3) is 5.91 Å². The molecule has 2 aliphatic heterocycles. The third kappa shape index (κ3) is 4.46. The monoisotopic (exact) mass is 541 g/mol. The van der Waals surface area contributed by atoms with Gasteiger partial charge in [0.2, 0.25) is 0 Å². The molecule has 2 atom stereocenters. The fourth-order valence-corrected chi connectivity index (χ4v) is 5.85. The summed E-state index contributed by atoms with van der Waals surface area (Å²) in [6.45, 7) is 2.55. The van der Waals surface area contributed by atoms with Gasteiger partial charge in [-0.25, -0.2) is 9.69 Å². The summed E-state index contributed by atoms with van der Waals surface area (Å²) in [4.78, 5) is 33.3. The Morgan fingerprint density at radius 1 is 1.14 bits per heavy atom. The number of morpholine rings is 1. The molecule has 2 aromatic rings. The Hall–Kier alpha value is -3.43. The van der Waals surface area contributed by atoms with Crippen LogP contribution in [0.15, 0.2) is 42.7 Å². The minimum absolute atomic E-state index is 0.00407. The number of carbonyl (C=O) groups is 2. The number of anilines is 3. The van der Waals surface area contributed by atoms with Crippen LogP contribution in [0.2, 0.25) is 0 Å². The number of aromatic nitrogens is 1. The predicted octanol–water partition coefficient (Wildman–Crippen LogP) is 2.72. The number of amides is 3. The van der Waals surface area contributed by atoms with E-state index in [1.807, 2.05) is 0 Å². The van der Waals surface area contributed by atoms with Crippen molar-refractivity contribution < 1.29 is 40.7 Å². The smallest absolute Gasteiger partial charge is 0.406 e. The van der Waals surface area contributed by atoms with E-state index in [2.05, 4.69) is 14.4 Å². The maximum absolute atomic E-state index is 13.6. The molecule has 5 rings (SSSR count). The van der Waals surface area contributed by atoms with E-state index >= 15 is 0 Å². The molecular formula is C22H22F3N5O6S. The minimum atomic E-state index is -4.89. The normalized spacial score (nSPS) is 24.6. The number of hydrogen-bond acceptors (Lipinski definition) is 7. The number of urea groups is 1. The van der Waals surface area contributed by atoms with Gasteiger partial charge in [0, 0.05) is 19.3 Å². The quantitative estimate of drug-likeness (QED) is 0.558. The first-order valence-electron chi connectivity index (χ1n) is 11.3. The molecule has 1 aromatic carbocycles. The zero-order chi connectivity index (χ0) is 26.6. The van der Waals surface area contributed by atoms with Crippen molar-refractivity contribution in [1.29, 1.82) is 0 Å². The fourth-order valence-electron chi connectivity index (χ4n) is 4.66. The van der Waals surface area contributed by atoms with Crippen molar-refractivity contribution in [2.45, 2.75) is 25.2 Å². The highest BCUT2D eigenvalue weighted by molar-refractivity contribution is 7.90. The molecule has 2 saturated heterocycles. The Balaban J connectivity index is 1.48. The molecule has 1 aromatic heterocycles. The average Bonchev–Trinajstić information content (AvgIpc) is 3.46. The van der Waals surface area contributed by atoms with E-state index in [1.165, 1.54) is 39.8 Å². The van der Waals surface area contributed by atoms with Crippen molar-refractivity contribution in [3.63, 3.8) is 0 Å². The summed E-state index contributed by atoms with van der Waals surface area (Å²) in [6.07, 6.45) is -1.96. The van der Waals surface area contributed by atoms with Gasteiger partial charge in [-0.15, -0.1) is 13.2 Å². The van der Waals surface area contributed by atoms with Gasteiger partial charge in [-0.1, -0.05) is 6.92 Å². The summed E-state index contributed by atoms with van der Waals surface area (Å²) < 4.78 is 76.3. The van der Waals surface area contributed by atoms with Gasteiger partial charge >= 0.3 is 22.6 Å². The number of benzene rings is 1. The number of ether oxygens (including phenoxy) is 2. The van der Waals surface area contributed by atoms with E-state index in [0.29, 0.717) is 6.42 Å². The van der Waals surface area contributed by atoms with E-state index < -0.39 is 39.8 Å². The van der Waals surface area contributed by atoms with Crippen LogP contribution in [0.25, 0.3) is 0 Å². The lowest BCUT2D eigenvalue weighted by molar-refractivity contribution is -0.274. The minimum Gasteiger partial charge on any atom is -0.406 e. The van der Waals surface area contributed by atoms with Gasteiger partial charge in [-0.2, -0.15) is 12.7 Å². The van der Waals surface area contributed by atoms with Crippen molar-refractivity contribution in [3.05, 3.63) is 42.7 Å². The molecule has 3 amide bonds. The first-order valence-corrected chi connectivity index (χ1v) is 12.7. The SMILES string of the molecule is CC1CC12C(=O)N(c1ccc(OC(F)(F)F)cc1)C(=O)N2c1ccncc1NS(=O)(=O)N1CCOCC1. The Morgan fingerprint density at radius 2 is 1.78 bits per heavy atom. The van der Waals surface area contributed by atoms with Crippen LogP contribution in [0.4, 0.5) is 35.0 Å².